The molecule has 2 heteroatoms. The molecule has 0 bridgehead atoms. The monoisotopic (exact) mass is 205 g/mol. The van der Waals surface area contributed by atoms with Crippen LogP contribution in [-0.4, -0.2) is 11.2 Å². The molecular formula is C13H19NO. The lowest BCUT2D eigenvalue weighted by Gasteiger charge is -2.39. The summed E-state index contributed by atoms with van der Waals surface area (Å²) in [6, 6.07) is 8.12. The smallest absolute Gasteiger partial charge is 0.0761 e. The van der Waals surface area contributed by atoms with E-state index in [1.807, 2.05) is 18.2 Å². The Labute approximate surface area is 91.1 Å². The van der Waals surface area contributed by atoms with E-state index in [0.29, 0.717) is 0 Å². The van der Waals surface area contributed by atoms with Crippen LogP contribution in [0.3, 0.4) is 0 Å². The predicted octanol–water partition coefficient (Wildman–Crippen LogP) is 2.08. The van der Waals surface area contributed by atoms with Crippen molar-refractivity contribution in [1.29, 1.82) is 0 Å². The van der Waals surface area contributed by atoms with E-state index in [1.54, 1.807) is 0 Å². The van der Waals surface area contributed by atoms with Crippen LogP contribution in [0.1, 0.15) is 36.8 Å². The summed E-state index contributed by atoms with van der Waals surface area (Å²) in [6.45, 7) is 2.06. The molecule has 1 aliphatic carbocycles. The van der Waals surface area contributed by atoms with Crippen LogP contribution in [0.5, 0.6) is 0 Å². The maximum Gasteiger partial charge on any atom is 0.0761 e. The summed E-state index contributed by atoms with van der Waals surface area (Å²) in [5, 5.41) is 10.1. The van der Waals surface area contributed by atoms with Crippen LogP contribution in [-0.2, 0) is 5.54 Å². The normalized spacial score (nSPS) is 31.5. The zero-order chi connectivity index (χ0) is 10.9. The second-order valence-corrected chi connectivity index (χ2v) is 4.62. The fourth-order valence-corrected chi connectivity index (χ4v) is 2.59. The third kappa shape index (κ3) is 1.80. The van der Waals surface area contributed by atoms with E-state index in [9.17, 15) is 5.11 Å². The first-order valence-corrected chi connectivity index (χ1v) is 5.67. The zero-order valence-corrected chi connectivity index (χ0v) is 9.24. The van der Waals surface area contributed by atoms with Crippen LogP contribution < -0.4 is 5.73 Å². The lowest BCUT2D eigenvalue weighted by atomic mass is 9.74. The molecule has 1 aliphatic rings. The molecule has 2 unspecified atom stereocenters. The Morgan fingerprint density at radius 2 is 2.07 bits per heavy atom. The number of aliphatic hydroxyl groups is 1. The van der Waals surface area contributed by atoms with Gasteiger partial charge in [-0.1, -0.05) is 37.1 Å². The van der Waals surface area contributed by atoms with Gasteiger partial charge in [-0.25, -0.2) is 0 Å². The molecule has 2 rings (SSSR count). The van der Waals surface area contributed by atoms with E-state index in [0.717, 1.165) is 31.2 Å². The highest BCUT2D eigenvalue weighted by molar-refractivity contribution is 5.34. The van der Waals surface area contributed by atoms with Gasteiger partial charge in [0.2, 0.25) is 0 Å². The standard InChI is InChI=1S/C13H19NO/c1-10-6-2-3-7-11(10)13(14)9-5-4-8-12(13)15/h2-3,6-7,12,15H,4-5,8-9,14H2,1H3. The van der Waals surface area contributed by atoms with E-state index in [1.165, 1.54) is 5.56 Å². The van der Waals surface area contributed by atoms with Gasteiger partial charge < -0.3 is 10.8 Å². The Kier molecular flexibility index (Phi) is 2.81. The van der Waals surface area contributed by atoms with Crippen molar-refractivity contribution in [3.8, 4) is 0 Å². The zero-order valence-electron chi connectivity index (χ0n) is 9.24. The van der Waals surface area contributed by atoms with Crippen LogP contribution in [0, 0.1) is 6.92 Å². The molecule has 1 fully saturated rings. The minimum atomic E-state index is -0.524. The number of benzene rings is 1. The van der Waals surface area contributed by atoms with E-state index >= 15 is 0 Å². The number of nitrogens with two attached hydrogens (primary N) is 1. The van der Waals surface area contributed by atoms with Crippen molar-refractivity contribution in [3.63, 3.8) is 0 Å². The quantitative estimate of drug-likeness (QED) is 0.737. The average Bonchev–Trinajstić information content (AvgIpc) is 2.23. The highest BCUT2D eigenvalue weighted by atomic mass is 16.3. The molecule has 15 heavy (non-hydrogen) atoms. The van der Waals surface area contributed by atoms with Gasteiger partial charge in [-0.3, -0.25) is 0 Å². The SMILES string of the molecule is Cc1ccccc1C1(N)CCCCC1O. The molecule has 0 radical (unpaired) electrons. The first-order chi connectivity index (χ1) is 7.14. The van der Waals surface area contributed by atoms with Gasteiger partial charge in [0.1, 0.15) is 0 Å². The van der Waals surface area contributed by atoms with Crippen LogP contribution in [0.25, 0.3) is 0 Å². The predicted molar refractivity (Wildman–Crippen MR) is 61.5 cm³/mol. The van der Waals surface area contributed by atoms with E-state index in [2.05, 4.69) is 13.0 Å². The summed E-state index contributed by atoms with van der Waals surface area (Å²) >= 11 is 0. The summed E-state index contributed by atoms with van der Waals surface area (Å²) < 4.78 is 0. The summed E-state index contributed by atoms with van der Waals surface area (Å²) in [4.78, 5) is 0. The summed E-state index contributed by atoms with van der Waals surface area (Å²) in [6.07, 6.45) is 3.52. The molecule has 1 saturated carbocycles. The molecule has 0 amide bonds. The molecule has 0 saturated heterocycles. The third-order valence-corrected chi connectivity index (χ3v) is 3.56. The minimum absolute atomic E-state index is 0.396. The lowest BCUT2D eigenvalue weighted by molar-refractivity contribution is 0.0446. The number of hydrogen-bond acceptors (Lipinski definition) is 2. The summed E-state index contributed by atoms with van der Waals surface area (Å²) in [5.74, 6) is 0. The second kappa shape index (κ2) is 3.95. The molecule has 0 spiro atoms. The van der Waals surface area contributed by atoms with E-state index in [-0.39, 0.29) is 0 Å². The van der Waals surface area contributed by atoms with Crippen LogP contribution in [0.4, 0.5) is 0 Å². The summed E-state index contributed by atoms with van der Waals surface area (Å²) in [5.41, 5.74) is 8.14. The van der Waals surface area contributed by atoms with Gasteiger partial charge >= 0.3 is 0 Å². The maximum absolute atomic E-state index is 10.1. The van der Waals surface area contributed by atoms with Crippen molar-refractivity contribution >= 4 is 0 Å². The number of aryl methyl sites for hydroxylation is 1. The second-order valence-electron chi connectivity index (χ2n) is 4.62. The molecule has 0 aliphatic heterocycles. The van der Waals surface area contributed by atoms with E-state index < -0.39 is 11.6 Å². The Balaban J connectivity index is 2.39. The van der Waals surface area contributed by atoms with Crippen molar-refractivity contribution in [3.05, 3.63) is 35.4 Å². The lowest BCUT2D eigenvalue weighted by Crippen LogP contribution is -2.50. The Morgan fingerprint density at radius 1 is 1.33 bits per heavy atom. The number of aliphatic hydroxyl groups excluding tert-OH is 1. The maximum atomic E-state index is 10.1. The third-order valence-electron chi connectivity index (χ3n) is 3.56. The Hall–Kier alpha value is -0.860. The van der Waals surface area contributed by atoms with Crippen molar-refractivity contribution in [2.24, 2.45) is 5.73 Å². The molecule has 2 nitrogen and oxygen atoms in total. The molecule has 0 aromatic heterocycles. The average molecular weight is 205 g/mol. The van der Waals surface area contributed by atoms with Gasteiger partial charge in [0.25, 0.3) is 0 Å². The Bertz CT molecular complexity index is 350. The van der Waals surface area contributed by atoms with Gasteiger partial charge in [-0.15, -0.1) is 0 Å². The van der Waals surface area contributed by atoms with Gasteiger partial charge in [0.15, 0.2) is 0 Å². The fourth-order valence-electron chi connectivity index (χ4n) is 2.59. The highest BCUT2D eigenvalue weighted by Gasteiger charge is 2.38. The highest BCUT2D eigenvalue weighted by Crippen LogP contribution is 2.36. The van der Waals surface area contributed by atoms with Gasteiger partial charge in [-0.05, 0) is 30.9 Å². The minimum Gasteiger partial charge on any atom is -0.391 e. The first-order valence-electron chi connectivity index (χ1n) is 5.67. The van der Waals surface area contributed by atoms with Gasteiger partial charge in [-0.2, -0.15) is 0 Å². The van der Waals surface area contributed by atoms with Crippen molar-refractivity contribution < 1.29 is 5.11 Å². The van der Waals surface area contributed by atoms with Crippen molar-refractivity contribution in [2.75, 3.05) is 0 Å². The molecule has 1 aromatic carbocycles. The summed E-state index contributed by atoms with van der Waals surface area (Å²) in [7, 11) is 0. The Morgan fingerprint density at radius 3 is 2.73 bits per heavy atom. The van der Waals surface area contributed by atoms with Gasteiger partial charge in [0, 0.05) is 0 Å². The molecular weight excluding hydrogens is 186 g/mol. The van der Waals surface area contributed by atoms with E-state index in [4.69, 9.17) is 5.73 Å². The van der Waals surface area contributed by atoms with Crippen LogP contribution in [0.2, 0.25) is 0 Å². The topological polar surface area (TPSA) is 46.2 Å². The molecule has 3 N–H and O–H groups in total. The largest absolute Gasteiger partial charge is 0.391 e. The van der Waals surface area contributed by atoms with Crippen LogP contribution in [0.15, 0.2) is 24.3 Å². The van der Waals surface area contributed by atoms with Crippen molar-refractivity contribution in [2.45, 2.75) is 44.2 Å². The fraction of sp³-hybridized carbons (Fsp3) is 0.538. The molecule has 0 heterocycles. The van der Waals surface area contributed by atoms with Crippen LogP contribution >= 0.6 is 0 Å². The molecule has 82 valence electrons. The number of hydrogen-bond donors (Lipinski definition) is 2. The molecule has 1 aromatic rings. The first kappa shape index (κ1) is 10.7. The van der Waals surface area contributed by atoms with Crippen molar-refractivity contribution in [1.82, 2.24) is 0 Å². The molecule has 2 atom stereocenters. The van der Waals surface area contributed by atoms with Gasteiger partial charge in [0.05, 0.1) is 11.6 Å². The number of rotatable bonds is 1.